The average Bonchev–Trinajstić information content (AvgIpc) is 2.76. The number of nitrogens with zero attached hydrogens (tertiary/aromatic N) is 2. The van der Waals surface area contributed by atoms with Gasteiger partial charge in [0, 0.05) is 32.2 Å². The number of aryl methyl sites for hydroxylation is 1. The second-order valence-corrected chi connectivity index (χ2v) is 10.2. The van der Waals surface area contributed by atoms with Crippen LogP contribution in [0.3, 0.4) is 0 Å². The minimum Gasteiger partial charge on any atom is -0.487 e. The van der Waals surface area contributed by atoms with Gasteiger partial charge in [-0.2, -0.15) is 4.31 Å². The monoisotopic (exact) mass is 450 g/mol. The van der Waals surface area contributed by atoms with Crippen LogP contribution < -0.4 is 4.74 Å². The third kappa shape index (κ3) is 4.91. The first kappa shape index (κ1) is 22.2. The molecule has 0 N–H and O–H groups in total. The first-order chi connectivity index (χ1) is 14.8. The van der Waals surface area contributed by atoms with Gasteiger partial charge < -0.3 is 9.64 Å². The molecular formula is C23H28F2N2O3S. The zero-order chi connectivity index (χ0) is 22.0. The number of hydrogen-bond donors (Lipinski definition) is 0. The van der Waals surface area contributed by atoms with Crippen molar-refractivity contribution in [2.24, 2.45) is 0 Å². The van der Waals surface area contributed by atoms with Crippen molar-refractivity contribution >= 4 is 10.0 Å². The maximum atomic E-state index is 13.8. The number of rotatable bonds is 5. The highest BCUT2D eigenvalue weighted by atomic mass is 32.2. The van der Waals surface area contributed by atoms with Crippen LogP contribution in [0.5, 0.6) is 5.75 Å². The molecule has 2 saturated heterocycles. The Morgan fingerprint density at radius 3 is 2.26 bits per heavy atom. The number of hydrogen-bond acceptors (Lipinski definition) is 4. The van der Waals surface area contributed by atoms with Gasteiger partial charge in [0.2, 0.25) is 10.0 Å². The van der Waals surface area contributed by atoms with E-state index in [1.165, 1.54) is 28.6 Å². The fourth-order valence-corrected chi connectivity index (χ4v) is 6.24. The van der Waals surface area contributed by atoms with E-state index in [-0.39, 0.29) is 16.8 Å². The van der Waals surface area contributed by atoms with E-state index in [9.17, 15) is 17.2 Å². The lowest BCUT2D eigenvalue weighted by Crippen LogP contribution is -2.50. The smallest absolute Gasteiger partial charge is 0.243 e. The summed E-state index contributed by atoms with van der Waals surface area (Å²) in [5.41, 5.74) is 0.430. The number of ether oxygens (including phenoxy) is 1. The molecule has 0 amide bonds. The third-order valence-corrected chi connectivity index (χ3v) is 8.36. The van der Waals surface area contributed by atoms with E-state index in [0.29, 0.717) is 30.4 Å². The lowest BCUT2D eigenvalue weighted by Gasteiger charge is -2.41. The molecule has 0 unspecified atom stereocenters. The Morgan fingerprint density at radius 1 is 0.935 bits per heavy atom. The highest BCUT2D eigenvalue weighted by molar-refractivity contribution is 7.89. The van der Waals surface area contributed by atoms with Gasteiger partial charge in [-0.25, -0.2) is 17.2 Å². The summed E-state index contributed by atoms with van der Waals surface area (Å²) in [6.07, 6.45) is 3.16. The molecule has 0 radical (unpaired) electrons. The molecule has 2 heterocycles. The molecule has 0 atom stereocenters. The van der Waals surface area contributed by atoms with Crippen LogP contribution in [0.2, 0.25) is 0 Å². The van der Waals surface area contributed by atoms with Crippen molar-refractivity contribution in [2.75, 3.05) is 26.2 Å². The summed E-state index contributed by atoms with van der Waals surface area (Å²) in [5.74, 6) is -0.469. The standard InChI is InChI=1S/C23H28F2N2O3S/c1-17-16-18(24)6-7-23(17)31(28,29)27-14-8-19(9-15-27)26-12-10-20(11-13-26)30-22-5-3-2-4-21(22)25/h2-7,16,19-20H,8-15H2,1H3. The number of benzene rings is 2. The van der Waals surface area contributed by atoms with Crippen molar-refractivity contribution in [3.63, 3.8) is 0 Å². The zero-order valence-electron chi connectivity index (χ0n) is 17.6. The molecule has 2 aromatic rings. The second kappa shape index (κ2) is 9.22. The van der Waals surface area contributed by atoms with Crippen molar-refractivity contribution in [1.29, 1.82) is 0 Å². The molecule has 2 aliphatic rings. The molecule has 4 rings (SSSR count). The molecule has 168 valence electrons. The van der Waals surface area contributed by atoms with Gasteiger partial charge in [-0.3, -0.25) is 0 Å². The van der Waals surface area contributed by atoms with Gasteiger partial charge in [0.25, 0.3) is 0 Å². The Bertz CT molecular complexity index is 1020. The van der Waals surface area contributed by atoms with Crippen molar-refractivity contribution in [1.82, 2.24) is 9.21 Å². The Morgan fingerprint density at radius 2 is 1.61 bits per heavy atom. The van der Waals surface area contributed by atoms with Gasteiger partial charge in [-0.05, 0) is 68.5 Å². The fourth-order valence-electron chi connectivity index (χ4n) is 4.57. The van der Waals surface area contributed by atoms with Crippen LogP contribution in [-0.4, -0.2) is 55.9 Å². The van der Waals surface area contributed by atoms with Crippen molar-refractivity contribution in [3.8, 4) is 5.75 Å². The minimum atomic E-state index is -3.62. The zero-order valence-corrected chi connectivity index (χ0v) is 18.5. The lowest BCUT2D eigenvalue weighted by molar-refractivity contribution is 0.0568. The number of sulfonamides is 1. The predicted octanol–water partition coefficient (Wildman–Crippen LogP) is 3.97. The quantitative estimate of drug-likeness (QED) is 0.692. The van der Waals surface area contributed by atoms with E-state index in [2.05, 4.69) is 4.90 Å². The number of piperidine rings is 2. The van der Waals surface area contributed by atoms with Gasteiger partial charge in [0.1, 0.15) is 11.9 Å². The largest absolute Gasteiger partial charge is 0.487 e. The summed E-state index contributed by atoms with van der Waals surface area (Å²) in [6.45, 7) is 4.24. The maximum Gasteiger partial charge on any atom is 0.243 e. The van der Waals surface area contributed by atoms with E-state index < -0.39 is 15.8 Å². The molecule has 0 bridgehead atoms. The summed E-state index contributed by atoms with van der Waals surface area (Å²) in [6, 6.07) is 10.6. The van der Waals surface area contributed by atoms with Crippen LogP contribution >= 0.6 is 0 Å². The van der Waals surface area contributed by atoms with Gasteiger partial charge in [-0.15, -0.1) is 0 Å². The van der Waals surface area contributed by atoms with E-state index >= 15 is 0 Å². The highest BCUT2D eigenvalue weighted by Crippen LogP contribution is 2.28. The SMILES string of the molecule is Cc1cc(F)ccc1S(=O)(=O)N1CCC(N2CCC(Oc3ccccc3F)CC2)CC1. The van der Waals surface area contributed by atoms with E-state index in [1.54, 1.807) is 25.1 Å². The minimum absolute atomic E-state index is 0.00457. The summed E-state index contributed by atoms with van der Waals surface area (Å²) in [7, 11) is -3.62. The molecular weight excluding hydrogens is 422 g/mol. The molecule has 0 saturated carbocycles. The summed E-state index contributed by atoms with van der Waals surface area (Å²) >= 11 is 0. The molecule has 0 aromatic heterocycles. The maximum absolute atomic E-state index is 13.8. The van der Waals surface area contributed by atoms with E-state index in [1.807, 2.05) is 0 Å². The Kier molecular flexibility index (Phi) is 6.60. The van der Waals surface area contributed by atoms with Crippen LogP contribution in [0.25, 0.3) is 0 Å². The van der Waals surface area contributed by atoms with E-state index in [4.69, 9.17) is 4.74 Å². The number of para-hydroxylation sites is 1. The third-order valence-electron chi connectivity index (χ3n) is 6.30. The van der Waals surface area contributed by atoms with Crippen molar-refractivity contribution in [2.45, 2.75) is 49.6 Å². The first-order valence-electron chi connectivity index (χ1n) is 10.8. The first-order valence-corrected chi connectivity index (χ1v) is 12.2. The van der Waals surface area contributed by atoms with Crippen LogP contribution in [-0.2, 0) is 10.0 Å². The van der Waals surface area contributed by atoms with E-state index in [0.717, 1.165) is 38.8 Å². The van der Waals surface area contributed by atoms with Crippen LogP contribution in [0.1, 0.15) is 31.2 Å². The molecule has 0 aliphatic carbocycles. The van der Waals surface area contributed by atoms with Gasteiger partial charge in [0.05, 0.1) is 4.90 Å². The Labute approximate surface area is 182 Å². The topological polar surface area (TPSA) is 49.9 Å². The normalized spacial score (nSPS) is 20.1. The summed E-state index contributed by atoms with van der Waals surface area (Å²) in [5, 5.41) is 0. The van der Waals surface area contributed by atoms with Crippen LogP contribution in [0.4, 0.5) is 8.78 Å². The molecule has 5 nitrogen and oxygen atoms in total. The highest BCUT2D eigenvalue weighted by Gasteiger charge is 2.34. The van der Waals surface area contributed by atoms with Crippen LogP contribution in [0.15, 0.2) is 47.4 Å². The lowest BCUT2D eigenvalue weighted by atomic mass is 10.00. The number of likely N-dealkylation sites (tertiary alicyclic amines) is 1. The van der Waals surface area contributed by atoms with Crippen molar-refractivity contribution < 1.29 is 21.9 Å². The Balaban J connectivity index is 1.30. The molecule has 8 heteroatoms. The fraction of sp³-hybridized carbons (Fsp3) is 0.478. The van der Waals surface area contributed by atoms with Gasteiger partial charge >= 0.3 is 0 Å². The predicted molar refractivity (Wildman–Crippen MR) is 115 cm³/mol. The van der Waals surface area contributed by atoms with Crippen molar-refractivity contribution in [3.05, 3.63) is 59.7 Å². The molecule has 2 aliphatic heterocycles. The molecule has 0 spiro atoms. The van der Waals surface area contributed by atoms with Crippen LogP contribution in [0, 0.1) is 18.6 Å². The molecule has 2 fully saturated rings. The van der Waals surface area contributed by atoms with Gasteiger partial charge in [-0.1, -0.05) is 12.1 Å². The summed E-state index contributed by atoms with van der Waals surface area (Å²) in [4.78, 5) is 2.58. The van der Waals surface area contributed by atoms with Gasteiger partial charge in [0.15, 0.2) is 11.6 Å². The molecule has 31 heavy (non-hydrogen) atoms. The second-order valence-electron chi connectivity index (χ2n) is 8.33. The number of halogens is 2. The molecule has 2 aromatic carbocycles. The summed E-state index contributed by atoms with van der Waals surface area (Å²) < 4.78 is 60.5. The Hall–Kier alpha value is -2.03. The average molecular weight is 451 g/mol.